The van der Waals surface area contributed by atoms with Crippen LogP contribution in [0.2, 0.25) is 25.7 Å². The summed E-state index contributed by atoms with van der Waals surface area (Å²) in [6.07, 6.45) is 5.45. The molecule has 276 valence electrons. The SMILES string of the molecule is Cn1c(-c2cc3ccc4cnn(COCC[Si](C)(C)C)c4c3n2CC2CC2)nc2cc(C(=O)N3C[C@H]4CC[C@@H]3[C@@H]4NC(=O)OC(C)(C)C)cc(F)c21. The van der Waals surface area contributed by atoms with E-state index in [0.29, 0.717) is 42.7 Å². The molecule has 3 aliphatic rings. The van der Waals surface area contributed by atoms with Gasteiger partial charge in [-0.05, 0) is 82.5 Å². The van der Waals surface area contributed by atoms with Gasteiger partial charge in [-0.3, -0.25) is 4.79 Å². The lowest BCUT2D eigenvalue weighted by Crippen LogP contribution is -2.46. The summed E-state index contributed by atoms with van der Waals surface area (Å²) < 4.78 is 33.9. The lowest BCUT2D eigenvalue weighted by atomic mass is 10.1. The summed E-state index contributed by atoms with van der Waals surface area (Å²) in [7, 11) is 0.616. The summed E-state index contributed by atoms with van der Waals surface area (Å²) in [5.41, 5.74) is 3.43. The van der Waals surface area contributed by atoms with E-state index in [1.807, 2.05) is 43.3 Å². The minimum Gasteiger partial charge on any atom is -0.444 e. The second kappa shape index (κ2) is 12.7. The molecule has 1 saturated heterocycles. The molecule has 4 heterocycles. The Morgan fingerprint density at radius 2 is 1.79 bits per heavy atom. The Bertz CT molecular complexity index is 2210. The van der Waals surface area contributed by atoms with Gasteiger partial charge < -0.3 is 28.8 Å². The van der Waals surface area contributed by atoms with Crippen LogP contribution < -0.4 is 5.32 Å². The molecule has 3 atom stereocenters. The van der Waals surface area contributed by atoms with Crippen LogP contribution in [-0.4, -0.2) is 79.7 Å². The highest BCUT2D eigenvalue weighted by molar-refractivity contribution is 6.76. The van der Waals surface area contributed by atoms with Gasteiger partial charge in [0, 0.05) is 51.2 Å². The van der Waals surface area contributed by atoms with Crippen LogP contribution in [-0.2, 0) is 29.8 Å². The average Bonchev–Trinajstić information content (AvgIpc) is 3.33. The molecule has 0 unspecified atom stereocenters. The number of imidazole rings is 1. The zero-order valence-corrected chi connectivity index (χ0v) is 32.3. The zero-order chi connectivity index (χ0) is 36.7. The summed E-state index contributed by atoms with van der Waals surface area (Å²) in [4.78, 5) is 33.4. The normalized spacial score (nSPS) is 20.5. The molecule has 2 bridgehead atoms. The predicted octanol–water partition coefficient (Wildman–Crippen LogP) is 7.53. The molecule has 2 saturated carbocycles. The first kappa shape index (κ1) is 34.8. The Balaban J connectivity index is 1.12. The highest BCUT2D eigenvalue weighted by Crippen LogP contribution is 2.41. The van der Waals surface area contributed by atoms with Crippen molar-refractivity contribution in [3.63, 3.8) is 0 Å². The first-order valence-corrected chi connectivity index (χ1v) is 22.4. The smallest absolute Gasteiger partial charge is 0.407 e. The first-order chi connectivity index (χ1) is 24.6. The molecular formula is C39H50FN7O4Si. The van der Waals surface area contributed by atoms with Crippen LogP contribution in [0.4, 0.5) is 9.18 Å². The molecule has 8 rings (SSSR count). The molecule has 2 aromatic carbocycles. The van der Waals surface area contributed by atoms with E-state index in [4.69, 9.17) is 19.6 Å². The summed E-state index contributed by atoms with van der Waals surface area (Å²) in [6.45, 7) is 14.9. The van der Waals surface area contributed by atoms with Gasteiger partial charge in [0.2, 0.25) is 0 Å². The molecule has 1 N–H and O–H groups in total. The van der Waals surface area contributed by atoms with Gasteiger partial charge in [-0.15, -0.1) is 0 Å². The Morgan fingerprint density at radius 1 is 1.02 bits per heavy atom. The van der Waals surface area contributed by atoms with Gasteiger partial charge in [0.05, 0.1) is 40.5 Å². The maximum absolute atomic E-state index is 16.1. The number of aromatic nitrogens is 5. The maximum atomic E-state index is 16.1. The largest absolute Gasteiger partial charge is 0.444 e. The Morgan fingerprint density at radius 3 is 2.52 bits per heavy atom. The van der Waals surface area contributed by atoms with Crippen molar-refractivity contribution in [2.24, 2.45) is 18.9 Å². The molecular weight excluding hydrogens is 678 g/mol. The van der Waals surface area contributed by atoms with Gasteiger partial charge >= 0.3 is 6.09 Å². The number of halogens is 1. The van der Waals surface area contributed by atoms with Crippen LogP contribution in [0.1, 0.15) is 56.8 Å². The molecule has 3 fully saturated rings. The van der Waals surface area contributed by atoms with Gasteiger partial charge in [-0.1, -0.05) is 31.8 Å². The third-order valence-corrected chi connectivity index (χ3v) is 12.6. The Hall–Kier alpha value is -4.23. The topological polar surface area (TPSA) is 108 Å². The van der Waals surface area contributed by atoms with E-state index in [2.05, 4.69) is 47.7 Å². The van der Waals surface area contributed by atoms with E-state index in [0.717, 1.165) is 52.9 Å². The summed E-state index contributed by atoms with van der Waals surface area (Å²) in [6, 6.07) is 10.1. The lowest BCUT2D eigenvalue weighted by molar-refractivity contribution is 0.0485. The number of hydrogen-bond donors (Lipinski definition) is 1. The summed E-state index contributed by atoms with van der Waals surface area (Å²) >= 11 is 0. The second-order valence-electron chi connectivity index (χ2n) is 17.4. The van der Waals surface area contributed by atoms with Crippen molar-refractivity contribution < 1.29 is 23.5 Å². The van der Waals surface area contributed by atoms with Gasteiger partial charge in [0.1, 0.15) is 23.7 Å². The number of benzene rings is 2. The van der Waals surface area contributed by atoms with Crippen LogP contribution in [0.3, 0.4) is 0 Å². The van der Waals surface area contributed by atoms with E-state index in [1.165, 1.54) is 18.9 Å². The summed E-state index contributed by atoms with van der Waals surface area (Å²) in [5.74, 6) is 0.596. The molecule has 11 nitrogen and oxygen atoms in total. The first-order valence-electron chi connectivity index (χ1n) is 18.7. The molecule has 0 spiro atoms. The van der Waals surface area contributed by atoms with Crippen LogP contribution in [0, 0.1) is 17.7 Å². The number of hydrogen-bond acceptors (Lipinski definition) is 6. The number of alkyl carbamates (subject to hydrolysis) is 1. The standard InChI is InChI=1S/C39H50FN7O4Si/c1-39(2,3)51-38(49)43-32-26-12-13-30(32)46(21-26)37(48)27-16-28(40)35-29(17-27)42-36(44(35)4)31-18-24-10-11-25-19-41-47(22-50-14-15-52(5,6)7)34(25)33(24)45(31)20-23-8-9-23/h10-11,16-19,23,26,30,32H,8-9,12-15,20-22H2,1-7H3,(H,43,49)/t26-,30-,32-/m1/s1. The van der Waals surface area contributed by atoms with Crippen LogP contribution in [0.5, 0.6) is 0 Å². The molecule has 5 aromatic rings. The maximum Gasteiger partial charge on any atom is 0.407 e. The Kier molecular flexibility index (Phi) is 8.52. The molecule has 52 heavy (non-hydrogen) atoms. The number of nitrogens with zero attached hydrogens (tertiary/aromatic N) is 6. The second-order valence-corrected chi connectivity index (χ2v) is 23.0. The van der Waals surface area contributed by atoms with E-state index in [9.17, 15) is 9.59 Å². The van der Waals surface area contributed by atoms with E-state index in [-0.39, 0.29) is 29.5 Å². The molecule has 3 aromatic heterocycles. The van der Waals surface area contributed by atoms with Crippen LogP contribution in [0.25, 0.3) is 44.4 Å². The van der Waals surface area contributed by atoms with Crippen molar-refractivity contribution in [1.29, 1.82) is 0 Å². The number of rotatable bonds is 10. The van der Waals surface area contributed by atoms with E-state index < -0.39 is 25.6 Å². The van der Waals surface area contributed by atoms with Crippen molar-refractivity contribution in [2.75, 3.05) is 13.2 Å². The average molecular weight is 728 g/mol. The molecule has 13 heteroatoms. The fourth-order valence-electron chi connectivity index (χ4n) is 8.19. The predicted molar refractivity (Wildman–Crippen MR) is 202 cm³/mol. The fraction of sp³-hybridized carbons (Fsp3) is 0.538. The van der Waals surface area contributed by atoms with E-state index >= 15 is 4.39 Å². The zero-order valence-electron chi connectivity index (χ0n) is 31.3. The van der Waals surface area contributed by atoms with Gasteiger partial charge in [0.25, 0.3) is 5.91 Å². The quantitative estimate of drug-likeness (QED) is 0.118. The number of ether oxygens (including phenoxy) is 2. The van der Waals surface area contributed by atoms with Gasteiger partial charge in [0.15, 0.2) is 5.82 Å². The van der Waals surface area contributed by atoms with Crippen LogP contribution >= 0.6 is 0 Å². The number of fused-ring (bicyclic) bond motifs is 6. The highest BCUT2D eigenvalue weighted by Gasteiger charge is 2.50. The third kappa shape index (κ3) is 6.50. The van der Waals surface area contributed by atoms with Crippen molar-refractivity contribution in [3.8, 4) is 11.5 Å². The lowest BCUT2D eigenvalue weighted by Gasteiger charge is -2.28. The molecule has 0 radical (unpaired) electrons. The van der Waals surface area contributed by atoms with Crippen molar-refractivity contribution in [2.45, 2.75) is 103 Å². The number of aryl methyl sites for hydroxylation is 1. The molecule has 2 aliphatic carbocycles. The molecule has 2 amide bonds. The summed E-state index contributed by atoms with van der Waals surface area (Å²) in [5, 5.41) is 9.84. The number of likely N-dealkylation sites (tertiary alicyclic amines) is 1. The molecule has 1 aliphatic heterocycles. The van der Waals surface area contributed by atoms with Crippen LogP contribution in [0.15, 0.2) is 36.5 Å². The van der Waals surface area contributed by atoms with Crippen molar-refractivity contribution in [3.05, 3.63) is 47.9 Å². The van der Waals surface area contributed by atoms with Crippen molar-refractivity contribution >= 4 is 52.9 Å². The van der Waals surface area contributed by atoms with E-state index in [1.54, 1.807) is 11.0 Å². The minimum absolute atomic E-state index is 0.129. The number of nitrogens with one attached hydrogen (secondary N) is 1. The fourth-order valence-corrected chi connectivity index (χ4v) is 8.95. The monoisotopic (exact) mass is 727 g/mol. The Labute approximate surface area is 304 Å². The number of carbonyl (C=O) groups excluding carboxylic acids is 2. The number of piperidine rings is 1. The third-order valence-electron chi connectivity index (χ3n) is 10.9. The van der Waals surface area contributed by atoms with Gasteiger partial charge in [-0.25, -0.2) is 18.9 Å². The highest BCUT2D eigenvalue weighted by atomic mass is 28.3. The van der Waals surface area contributed by atoms with Gasteiger partial charge in [-0.2, -0.15) is 5.10 Å². The number of carbonyl (C=O) groups is 2. The van der Waals surface area contributed by atoms with Crippen molar-refractivity contribution in [1.82, 2.24) is 34.1 Å². The number of amides is 2. The minimum atomic E-state index is -1.22.